The van der Waals surface area contributed by atoms with Crippen molar-refractivity contribution in [2.75, 3.05) is 50.1 Å². The van der Waals surface area contributed by atoms with Gasteiger partial charge in [-0.25, -0.2) is 14.8 Å². The van der Waals surface area contributed by atoms with Crippen molar-refractivity contribution in [1.82, 2.24) is 14.9 Å². The van der Waals surface area contributed by atoms with Crippen LogP contribution in [0.15, 0.2) is 12.4 Å². The van der Waals surface area contributed by atoms with E-state index in [4.69, 9.17) is 15.0 Å². The summed E-state index contributed by atoms with van der Waals surface area (Å²) in [4.78, 5) is 44.9. The van der Waals surface area contributed by atoms with Crippen molar-refractivity contribution in [3.63, 3.8) is 0 Å². The molecule has 156 valence electrons. The number of carbonyl (C=O) groups excluding carboxylic acids is 1. The molecule has 1 saturated heterocycles. The normalized spacial score (nSPS) is 14.2. The van der Waals surface area contributed by atoms with Crippen LogP contribution in [0.1, 0.15) is 6.42 Å². The number of nitrogens with zero attached hydrogens (tertiary/aromatic N) is 5. The van der Waals surface area contributed by atoms with Crippen LogP contribution in [0.5, 0.6) is 0 Å². The Kier molecular flexibility index (Phi) is 7.95. The zero-order chi connectivity index (χ0) is 21.5. The van der Waals surface area contributed by atoms with Crippen LogP contribution in [0.3, 0.4) is 0 Å². The van der Waals surface area contributed by atoms with Gasteiger partial charge in [-0.3, -0.25) is 9.59 Å². The van der Waals surface area contributed by atoms with Crippen molar-refractivity contribution in [3.05, 3.63) is 12.4 Å². The number of aromatic nitrogens is 2. The first-order chi connectivity index (χ1) is 12.9. The summed E-state index contributed by atoms with van der Waals surface area (Å²) in [6.07, 6.45) is -3.60. The predicted octanol–water partition coefficient (Wildman–Crippen LogP) is 0.299. The van der Waals surface area contributed by atoms with Crippen molar-refractivity contribution in [2.24, 2.45) is 0 Å². The van der Waals surface area contributed by atoms with Gasteiger partial charge in [0.15, 0.2) is 0 Å². The number of hydrogen-bond acceptors (Lipinski definition) is 7. The van der Waals surface area contributed by atoms with E-state index in [1.807, 2.05) is 4.90 Å². The van der Waals surface area contributed by atoms with Crippen molar-refractivity contribution >= 4 is 29.5 Å². The fraction of sp³-hybridized carbons (Fsp3) is 0.533. The van der Waals surface area contributed by atoms with Gasteiger partial charge >= 0.3 is 18.1 Å². The Balaban J connectivity index is 0.000000480. The van der Waals surface area contributed by atoms with Gasteiger partial charge in [0, 0.05) is 39.8 Å². The molecule has 0 saturated carbocycles. The molecule has 28 heavy (non-hydrogen) atoms. The highest BCUT2D eigenvalue weighted by Gasteiger charge is 2.38. The number of carboxylic acid groups (broad SMARTS) is 2. The van der Waals surface area contributed by atoms with Crippen LogP contribution in [0.2, 0.25) is 0 Å². The molecule has 1 fully saturated rings. The summed E-state index contributed by atoms with van der Waals surface area (Å²) < 4.78 is 31.7. The van der Waals surface area contributed by atoms with Gasteiger partial charge in [-0.15, -0.1) is 0 Å². The van der Waals surface area contributed by atoms with Crippen LogP contribution in [0.25, 0.3) is 0 Å². The van der Waals surface area contributed by atoms with Crippen molar-refractivity contribution in [3.8, 4) is 0 Å². The number of aliphatic carboxylic acids is 2. The Morgan fingerprint density at radius 1 is 1.25 bits per heavy atom. The maximum Gasteiger partial charge on any atom is 0.490 e. The molecule has 1 aliphatic rings. The average molecular weight is 407 g/mol. The smallest absolute Gasteiger partial charge is 0.481 e. The second-order valence-corrected chi connectivity index (χ2v) is 5.84. The monoisotopic (exact) mass is 407 g/mol. The van der Waals surface area contributed by atoms with Gasteiger partial charge < -0.3 is 24.9 Å². The Morgan fingerprint density at radius 2 is 1.86 bits per heavy atom. The second kappa shape index (κ2) is 9.71. The third kappa shape index (κ3) is 7.25. The van der Waals surface area contributed by atoms with Crippen LogP contribution < -0.4 is 9.80 Å². The van der Waals surface area contributed by atoms with E-state index in [2.05, 4.69) is 9.97 Å². The number of likely N-dealkylation sites (N-methyl/N-ethyl adjacent to an activating group) is 1. The summed E-state index contributed by atoms with van der Waals surface area (Å²) in [5.74, 6) is -2.22. The molecule has 0 aromatic carbocycles. The molecule has 0 aliphatic carbocycles. The maximum atomic E-state index is 11.7. The van der Waals surface area contributed by atoms with E-state index in [0.29, 0.717) is 31.3 Å². The van der Waals surface area contributed by atoms with Crippen LogP contribution in [-0.4, -0.2) is 89.4 Å². The Hall–Kier alpha value is -3.12. The third-order valence-electron chi connectivity index (χ3n) is 3.71. The highest BCUT2D eigenvalue weighted by atomic mass is 19.4. The molecule has 0 bridgehead atoms. The molecule has 1 aliphatic heterocycles. The lowest BCUT2D eigenvalue weighted by atomic mass is 10.3. The molecule has 0 radical (unpaired) electrons. The molecule has 2 heterocycles. The maximum absolute atomic E-state index is 11.7. The summed E-state index contributed by atoms with van der Waals surface area (Å²) >= 11 is 0. The Morgan fingerprint density at radius 3 is 2.36 bits per heavy atom. The number of carbonyl (C=O) groups is 3. The van der Waals surface area contributed by atoms with Gasteiger partial charge in [-0.05, 0) is 0 Å². The molecular weight excluding hydrogens is 387 g/mol. The first-order valence-electron chi connectivity index (χ1n) is 7.95. The molecule has 0 atom stereocenters. The minimum absolute atomic E-state index is 0.0445. The number of hydrogen-bond donors (Lipinski definition) is 2. The van der Waals surface area contributed by atoms with E-state index in [9.17, 15) is 22.8 Å². The Bertz CT molecular complexity index is 716. The highest BCUT2D eigenvalue weighted by Crippen LogP contribution is 2.18. The molecule has 2 rings (SSSR count). The summed E-state index contributed by atoms with van der Waals surface area (Å²) in [5, 5.41) is 15.8. The second-order valence-electron chi connectivity index (χ2n) is 5.84. The molecule has 13 heteroatoms. The van der Waals surface area contributed by atoms with E-state index in [1.54, 1.807) is 30.0 Å². The van der Waals surface area contributed by atoms with Crippen LogP contribution in [-0.2, 0) is 14.4 Å². The molecular formula is C15H20F3N5O5. The number of amides is 1. The average Bonchev–Trinajstić information content (AvgIpc) is 2.61. The molecule has 1 aromatic rings. The molecule has 0 spiro atoms. The lowest BCUT2D eigenvalue weighted by molar-refractivity contribution is -0.192. The van der Waals surface area contributed by atoms with Crippen LogP contribution in [0, 0.1) is 0 Å². The van der Waals surface area contributed by atoms with E-state index >= 15 is 0 Å². The Labute approximate surface area is 158 Å². The summed E-state index contributed by atoms with van der Waals surface area (Å²) in [6, 6.07) is 1.78. The van der Waals surface area contributed by atoms with E-state index in [0.717, 1.165) is 6.54 Å². The minimum Gasteiger partial charge on any atom is -0.481 e. The summed E-state index contributed by atoms with van der Waals surface area (Å²) in [5.41, 5.74) is 0. The fourth-order valence-electron chi connectivity index (χ4n) is 2.05. The van der Waals surface area contributed by atoms with E-state index in [1.165, 1.54) is 6.33 Å². The van der Waals surface area contributed by atoms with Gasteiger partial charge in [0.1, 0.15) is 18.0 Å². The topological polar surface area (TPSA) is 127 Å². The number of alkyl halides is 3. The number of carboxylic acids is 2. The highest BCUT2D eigenvalue weighted by molar-refractivity contribution is 5.82. The number of rotatable bonds is 5. The third-order valence-corrected chi connectivity index (χ3v) is 3.71. The first-order valence-corrected chi connectivity index (χ1v) is 7.95. The molecule has 2 N–H and O–H groups in total. The number of piperazine rings is 1. The summed E-state index contributed by atoms with van der Waals surface area (Å²) in [7, 11) is 3.56. The van der Waals surface area contributed by atoms with E-state index in [-0.39, 0.29) is 12.3 Å². The number of anilines is 2. The zero-order valence-corrected chi connectivity index (χ0v) is 15.2. The van der Waals surface area contributed by atoms with Gasteiger partial charge in [-0.1, -0.05) is 0 Å². The summed E-state index contributed by atoms with van der Waals surface area (Å²) in [6.45, 7) is 2.05. The molecule has 0 unspecified atom stereocenters. The van der Waals surface area contributed by atoms with Crippen molar-refractivity contribution in [2.45, 2.75) is 12.6 Å². The van der Waals surface area contributed by atoms with Gasteiger partial charge in [-0.2, -0.15) is 13.2 Å². The van der Waals surface area contributed by atoms with E-state index < -0.39 is 18.1 Å². The lowest BCUT2D eigenvalue weighted by Crippen LogP contribution is -2.48. The SMILES string of the molecule is CN1CCN(c2cc(N(C)CCC(=O)O)ncn2)CC1=O.O=C(O)C(F)(F)F. The quantitative estimate of drug-likeness (QED) is 0.708. The molecule has 1 amide bonds. The lowest BCUT2D eigenvalue weighted by Gasteiger charge is -2.33. The molecule has 1 aromatic heterocycles. The predicted molar refractivity (Wildman–Crippen MR) is 91.1 cm³/mol. The number of halogens is 3. The largest absolute Gasteiger partial charge is 0.490 e. The standard InChI is InChI=1S/C13H19N5O3.C2HF3O2/c1-16(4-3-13(20)21)10-7-11(15-9-14-10)18-6-5-17(2)12(19)8-18;3-2(4,5)1(6)7/h7,9H,3-6,8H2,1-2H3,(H,20,21);(H,6,7). The van der Waals surface area contributed by atoms with Crippen molar-refractivity contribution in [1.29, 1.82) is 0 Å². The molecule has 10 nitrogen and oxygen atoms in total. The van der Waals surface area contributed by atoms with Gasteiger partial charge in [0.05, 0.1) is 13.0 Å². The zero-order valence-electron chi connectivity index (χ0n) is 15.2. The van der Waals surface area contributed by atoms with Crippen molar-refractivity contribution < 1.29 is 37.8 Å². The van der Waals surface area contributed by atoms with Gasteiger partial charge in [0.25, 0.3) is 0 Å². The first kappa shape index (κ1) is 22.9. The van der Waals surface area contributed by atoms with Gasteiger partial charge in [0.2, 0.25) is 5.91 Å². The van der Waals surface area contributed by atoms with Crippen LogP contribution in [0.4, 0.5) is 24.8 Å². The van der Waals surface area contributed by atoms with Crippen LogP contribution >= 0.6 is 0 Å². The minimum atomic E-state index is -5.08. The fourth-order valence-corrected chi connectivity index (χ4v) is 2.05.